The fourth-order valence-corrected chi connectivity index (χ4v) is 2.39. The third-order valence-corrected chi connectivity index (χ3v) is 3.51. The lowest BCUT2D eigenvalue weighted by Gasteiger charge is -2.07. The average molecular weight is 256 g/mol. The number of fused-ring (bicyclic) bond motifs is 1. The van der Waals surface area contributed by atoms with Crippen LogP contribution >= 0.6 is 0 Å². The Morgan fingerprint density at radius 3 is 2.89 bits per heavy atom. The normalized spacial score (nSPS) is 13.4. The molecule has 0 spiro atoms. The van der Waals surface area contributed by atoms with Crippen LogP contribution in [0.5, 0.6) is 11.8 Å². The summed E-state index contributed by atoms with van der Waals surface area (Å²) in [4.78, 5) is 8.35. The fourth-order valence-electron chi connectivity index (χ4n) is 2.39. The molecule has 1 N–H and O–H groups in total. The van der Waals surface area contributed by atoms with Gasteiger partial charge in [-0.05, 0) is 49.4 Å². The van der Waals surface area contributed by atoms with Gasteiger partial charge < -0.3 is 9.84 Å². The zero-order chi connectivity index (χ0) is 13.2. The quantitative estimate of drug-likeness (QED) is 0.917. The van der Waals surface area contributed by atoms with Gasteiger partial charge in [-0.15, -0.1) is 0 Å². The second-order valence-corrected chi connectivity index (χ2v) is 4.81. The molecule has 98 valence electrons. The van der Waals surface area contributed by atoms with Crippen molar-refractivity contribution >= 4 is 0 Å². The van der Waals surface area contributed by atoms with E-state index in [9.17, 15) is 0 Å². The highest BCUT2D eigenvalue weighted by Crippen LogP contribution is 2.27. The van der Waals surface area contributed by atoms with E-state index in [1.54, 1.807) is 6.20 Å². The van der Waals surface area contributed by atoms with Crippen LogP contribution in [0.1, 0.15) is 28.8 Å². The van der Waals surface area contributed by atoms with Gasteiger partial charge in [0.2, 0.25) is 0 Å². The summed E-state index contributed by atoms with van der Waals surface area (Å²) in [6.07, 6.45) is 5.11. The Labute approximate surface area is 112 Å². The molecule has 4 nitrogen and oxygen atoms in total. The number of aryl methyl sites for hydroxylation is 3. The van der Waals surface area contributed by atoms with E-state index >= 15 is 0 Å². The average Bonchev–Trinajstić information content (AvgIpc) is 2.86. The van der Waals surface area contributed by atoms with Crippen molar-refractivity contribution in [3.63, 3.8) is 0 Å². The molecular weight excluding hydrogens is 240 g/mol. The molecule has 0 amide bonds. The summed E-state index contributed by atoms with van der Waals surface area (Å²) in [5.74, 6) is 0.775. The van der Waals surface area contributed by atoms with Gasteiger partial charge >= 0.3 is 6.01 Å². The highest BCUT2D eigenvalue weighted by atomic mass is 16.5. The van der Waals surface area contributed by atoms with Crippen LogP contribution in [0.3, 0.4) is 0 Å². The van der Waals surface area contributed by atoms with Gasteiger partial charge in [0, 0.05) is 11.8 Å². The third kappa shape index (κ3) is 2.44. The lowest BCUT2D eigenvalue weighted by Crippen LogP contribution is -1.98. The Hall–Kier alpha value is -1.94. The van der Waals surface area contributed by atoms with Crippen molar-refractivity contribution in [2.45, 2.75) is 32.8 Å². The first-order valence-corrected chi connectivity index (χ1v) is 6.49. The van der Waals surface area contributed by atoms with Crippen LogP contribution in [0.25, 0.3) is 0 Å². The van der Waals surface area contributed by atoms with Crippen LogP contribution in [0.2, 0.25) is 0 Å². The van der Waals surface area contributed by atoms with E-state index in [0.29, 0.717) is 6.01 Å². The number of hydrogen-bond acceptors (Lipinski definition) is 4. The molecule has 3 rings (SSSR count). The molecule has 2 aromatic rings. The van der Waals surface area contributed by atoms with E-state index in [-0.39, 0.29) is 6.61 Å². The van der Waals surface area contributed by atoms with Crippen LogP contribution in [-0.4, -0.2) is 15.1 Å². The summed E-state index contributed by atoms with van der Waals surface area (Å²) in [5, 5.41) is 9.08. The third-order valence-electron chi connectivity index (χ3n) is 3.51. The van der Waals surface area contributed by atoms with E-state index in [2.05, 4.69) is 22.1 Å². The number of rotatable bonds is 3. The number of hydrogen-bond donors (Lipinski definition) is 1. The zero-order valence-electron chi connectivity index (χ0n) is 10.9. The topological polar surface area (TPSA) is 55.2 Å². The molecule has 1 aliphatic rings. The molecule has 1 aromatic heterocycles. The van der Waals surface area contributed by atoms with Gasteiger partial charge in [0.15, 0.2) is 0 Å². The van der Waals surface area contributed by atoms with Gasteiger partial charge in [-0.1, -0.05) is 6.07 Å². The van der Waals surface area contributed by atoms with Crippen molar-refractivity contribution in [1.82, 2.24) is 9.97 Å². The van der Waals surface area contributed by atoms with E-state index < -0.39 is 0 Å². The molecule has 0 unspecified atom stereocenters. The summed E-state index contributed by atoms with van der Waals surface area (Å²) in [7, 11) is 0. The molecule has 0 aliphatic heterocycles. The highest BCUT2D eigenvalue weighted by molar-refractivity contribution is 5.39. The summed E-state index contributed by atoms with van der Waals surface area (Å²) in [6, 6.07) is 6.48. The van der Waals surface area contributed by atoms with Gasteiger partial charge in [-0.2, -0.15) is 4.98 Å². The number of ether oxygens (including phenoxy) is 1. The smallest absolute Gasteiger partial charge is 0.322 e. The maximum Gasteiger partial charge on any atom is 0.322 e. The van der Waals surface area contributed by atoms with Crippen molar-refractivity contribution < 1.29 is 9.84 Å². The fraction of sp³-hybridized carbons (Fsp3) is 0.333. The maximum absolute atomic E-state index is 9.08. The molecule has 1 heterocycles. The van der Waals surface area contributed by atoms with Crippen LogP contribution in [-0.2, 0) is 19.4 Å². The van der Waals surface area contributed by atoms with Crippen molar-refractivity contribution in [3.8, 4) is 11.8 Å². The van der Waals surface area contributed by atoms with Crippen molar-refractivity contribution in [1.29, 1.82) is 0 Å². The summed E-state index contributed by atoms with van der Waals surface area (Å²) in [5.41, 5.74) is 4.25. The number of benzene rings is 1. The molecule has 0 fully saturated rings. The van der Waals surface area contributed by atoms with Crippen molar-refractivity contribution in [3.05, 3.63) is 46.8 Å². The second-order valence-electron chi connectivity index (χ2n) is 4.81. The van der Waals surface area contributed by atoms with Gasteiger partial charge in [0.05, 0.1) is 12.3 Å². The van der Waals surface area contributed by atoms with Gasteiger partial charge in [-0.3, -0.25) is 0 Å². The van der Waals surface area contributed by atoms with E-state index in [1.165, 1.54) is 17.5 Å². The Morgan fingerprint density at radius 1 is 1.26 bits per heavy atom. The van der Waals surface area contributed by atoms with Crippen molar-refractivity contribution in [2.24, 2.45) is 0 Å². The number of nitrogens with zero attached hydrogens (tertiary/aromatic N) is 2. The lowest BCUT2D eigenvalue weighted by atomic mass is 10.1. The van der Waals surface area contributed by atoms with Gasteiger partial charge in [0.25, 0.3) is 0 Å². The molecule has 0 saturated heterocycles. The molecule has 0 saturated carbocycles. The van der Waals surface area contributed by atoms with Crippen LogP contribution in [0.15, 0.2) is 24.4 Å². The van der Waals surface area contributed by atoms with Crippen molar-refractivity contribution in [2.75, 3.05) is 0 Å². The minimum absolute atomic E-state index is 0.0506. The summed E-state index contributed by atoms with van der Waals surface area (Å²) >= 11 is 0. The molecule has 0 radical (unpaired) electrons. The lowest BCUT2D eigenvalue weighted by molar-refractivity contribution is 0.279. The molecular formula is C15H16N2O2. The van der Waals surface area contributed by atoms with Crippen LogP contribution in [0.4, 0.5) is 0 Å². The second kappa shape index (κ2) is 4.97. The number of aliphatic hydroxyl groups excluding tert-OH is 1. The monoisotopic (exact) mass is 256 g/mol. The molecule has 1 aromatic carbocycles. The van der Waals surface area contributed by atoms with Crippen LogP contribution < -0.4 is 4.74 Å². The van der Waals surface area contributed by atoms with E-state index in [1.807, 2.05) is 13.0 Å². The number of aliphatic hydroxyl groups is 1. The highest BCUT2D eigenvalue weighted by Gasteiger charge is 2.12. The molecule has 0 bridgehead atoms. The Kier molecular flexibility index (Phi) is 3.17. The predicted molar refractivity (Wildman–Crippen MR) is 71.2 cm³/mol. The first-order valence-electron chi connectivity index (χ1n) is 6.49. The summed E-state index contributed by atoms with van der Waals surface area (Å²) in [6.45, 7) is 1.79. The first-order chi connectivity index (χ1) is 9.26. The Bertz CT molecular complexity index is 611. The largest absolute Gasteiger partial charge is 0.424 e. The van der Waals surface area contributed by atoms with E-state index in [0.717, 1.165) is 29.8 Å². The zero-order valence-corrected chi connectivity index (χ0v) is 10.9. The molecule has 0 atom stereocenters. The molecule has 4 heteroatoms. The molecule has 19 heavy (non-hydrogen) atoms. The van der Waals surface area contributed by atoms with Crippen LogP contribution in [0, 0.1) is 6.92 Å². The van der Waals surface area contributed by atoms with E-state index in [4.69, 9.17) is 9.84 Å². The minimum Gasteiger partial charge on any atom is -0.424 e. The van der Waals surface area contributed by atoms with Gasteiger partial charge in [-0.25, -0.2) is 4.98 Å². The first kappa shape index (κ1) is 12.1. The standard InChI is InChI=1S/C15H16N2O2/c1-10-13(9-18)8-16-15(17-10)19-14-6-5-11-3-2-4-12(11)7-14/h5-8,18H,2-4,9H2,1H3. The minimum atomic E-state index is -0.0506. The predicted octanol–water partition coefficient (Wildman–Crippen LogP) is 2.56. The maximum atomic E-state index is 9.08. The summed E-state index contributed by atoms with van der Waals surface area (Å²) < 4.78 is 5.68. The molecule has 1 aliphatic carbocycles. The Balaban J connectivity index is 1.83. The van der Waals surface area contributed by atoms with Gasteiger partial charge in [0.1, 0.15) is 5.75 Å². The SMILES string of the molecule is Cc1nc(Oc2ccc3c(c2)CCC3)ncc1CO. The Morgan fingerprint density at radius 2 is 2.11 bits per heavy atom. The number of aromatic nitrogens is 2.